The van der Waals surface area contributed by atoms with Crippen LogP contribution in [0.5, 0.6) is 0 Å². The predicted octanol–water partition coefficient (Wildman–Crippen LogP) is 3.56. The van der Waals surface area contributed by atoms with Crippen molar-refractivity contribution in [2.24, 2.45) is 0 Å². The second kappa shape index (κ2) is 5.58. The minimum atomic E-state index is -0.134. The van der Waals surface area contributed by atoms with Crippen molar-refractivity contribution < 1.29 is 0 Å². The molecule has 6 heteroatoms. The fraction of sp³-hybridized carbons (Fsp3) is 0.133. The van der Waals surface area contributed by atoms with Gasteiger partial charge in [0.1, 0.15) is 11.5 Å². The molecule has 0 fully saturated rings. The number of pyridine rings is 1. The maximum Gasteiger partial charge on any atom is 0.263 e. The van der Waals surface area contributed by atoms with Gasteiger partial charge in [0.15, 0.2) is 5.65 Å². The zero-order chi connectivity index (χ0) is 15.0. The molecule has 1 aromatic carbocycles. The molecule has 2 heterocycles. The first kappa shape index (κ1) is 14.2. The molecule has 0 unspecified atom stereocenters. The summed E-state index contributed by atoms with van der Waals surface area (Å²) in [4.78, 5) is 20.8. The lowest BCUT2D eigenvalue weighted by Crippen LogP contribution is -2.21. The van der Waals surface area contributed by atoms with Crippen LogP contribution in [0.3, 0.4) is 0 Å². The zero-order valence-corrected chi connectivity index (χ0v) is 13.5. The average molecular weight is 365 g/mol. The van der Waals surface area contributed by atoms with Crippen LogP contribution in [-0.4, -0.2) is 14.5 Å². The van der Waals surface area contributed by atoms with Crippen LogP contribution in [0.25, 0.3) is 11.0 Å². The average Bonchev–Trinajstić information content (AvgIpc) is 2.47. The second-order valence-corrected chi connectivity index (χ2v) is 6.01. The van der Waals surface area contributed by atoms with Gasteiger partial charge in [-0.3, -0.25) is 9.36 Å². The summed E-state index contributed by atoms with van der Waals surface area (Å²) in [6, 6.07) is 9.70. The van der Waals surface area contributed by atoms with Crippen LogP contribution in [0.15, 0.2) is 45.9 Å². The molecule has 0 atom stereocenters. The van der Waals surface area contributed by atoms with Gasteiger partial charge in [-0.1, -0.05) is 41.4 Å². The molecule has 2 aromatic heterocycles. The standard InChI is InChI=1S/C15H11BrClN3O/c1-9-2-4-10(5-3-9)7-20-8-18-14-11(15(20)21)6-12(16)13(17)19-14/h2-6,8H,7H2,1H3. The molecule has 3 aromatic rings. The highest BCUT2D eigenvalue weighted by atomic mass is 79.9. The molecular weight excluding hydrogens is 354 g/mol. The van der Waals surface area contributed by atoms with E-state index in [0.29, 0.717) is 27.2 Å². The molecule has 0 N–H and O–H groups in total. The quantitative estimate of drug-likeness (QED) is 0.653. The van der Waals surface area contributed by atoms with Crippen LogP contribution in [0.4, 0.5) is 0 Å². The van der Waals surface area contributed by atoms with Gasteiger partial charge in [-0.2, -0.15) is 0 Å². The fourth-order valence-electron chi connectivity index (χ4n) is 2.05. The molecule has 0 aliphatic rings. The highest BCUT2D eigenvalue weighted by Gasteiger charge is 2.09. The van der Waals surface area contributed by atoms with Gasteiger partial charge in [0.2, 0.25) is 0 Å². The molecule has 0 radical (unpaired) electrons. The van der Waals surface area contributed by atoms with E-state index < -0.39 is 0 Å². The van der Waals surface area contributed by atoms with Crippen molar-refractivity contribution in [1.29, 1.82) is 0 Å². The first-order valence-corrected chi connectivity index (χ1v) is 7.48. The number of fused-ring (bicyclic) bond motifs is 1. The molecule has 0 aliphatic heterocycles. The van der Waals surface area contributed by atoms with E-state index in [1.54, 1.807) is 10.6 Å². The molecule has 0 spiro atoms. The van der Waals surface area contributed by atoms with Crippen molar-refractivity contribution in [1.82, 2.24) is 14.5 Å². The highest BCUT2D eigenvalue weighted by Crippen LogP contribution is 2.22. The van der Waals surface area contributed by atoms with E-state index in [4.69, 9.17) is 11.6 Å². The number of aryl methyl sites for hydroxylation is 1. The summed E-state index contributed by atoms with van der Waals surface area (Å²) < 4.78 is 2.15. The van der Waals surface area contributed by atoms with Gasteiger partial charge in [0, 0.05) is 0 Å². The van der Waals surface area contributed by atoms with E-state index in [9.17, 15) is 4.79 Å². The van der Waals surface area contributed by atoms with E-state index in [1.165, 1.54) is 11.9 Å². The van der Waals surface area contributed by atoms with Crippen LogP contribution >= 0.6 is 27.5 Å². The summed E-state index contributed by atoms with van der Waals surface area (Å²) >= 11 is 9.20. The van der Waals surface area contributed by atoms with Crippen LogP contribution in [-0.2, 0) is 6.54 Å². The molecule has 0 saturated heterocycles. The topological polar surface area (TPSA) is 47.8 Å². The second-order valence-electron chi connectivity index (χ2n) is 4.80. The number of aromatic nitrogens is 3. The summed E-state index contributed by atoms with van der Waals surface area (Å²) in [6.07, 6.45) is 1.50. The van der Waals surface area contributed by atoms with Crippen molar-refractivity contribution in [2.45, 2.75) is 13.5 Å². The van der Waals surface area contributed by atoms with Crippen molar-refractivity contribution in [2.75, 3.05) is 0 Å². The Kier molecular flexibility index (Phi) is 3.78. The lowest BCUT2D eigenvalue weighted by Gasteiger charge is -2.07. The van der Waals surface area contributed by atoms with E-state index in [1.807, 2.05) is 31.2 Å². The SMILES string of the molecule is Cc1ccc(Cn2cnc3nc(Cl)c(Br)cc3c2=O)cc1. The molecule has 0 aliphatic carbocycles. The van der Waals surface area contributed by atoms with Crippen LogP contribution < -0.4 is 5.56 Å². The third kappa shape index (κ3) is 2.84. The third-order valence-electron chi connectivity index (χ3n) is 3.20. The zero-order valence-electron chi connectivity index (χ0n) is 11.2. The molecular formula is C15H11BrClN3O. The Morgan fingerprint density at radius 1 is 1.29 bits per heavy atom. The monoisotopic (exact) mass is 363 g/mol. The van der Waals surface area contributed by atoms with Crippen LogP contribution in [0.2, 0.25) is 5.15 Å². The van der Waals surface area contributed by atoms with Gasteiger partial charge in [-0.15, -0.1) is 0 Å². The Hall–Kier alpha value is -1.72. The van der Waals surface area contributed by atoms with Crippen LogP contribution in [0, 0.1) is 6.92 Å². The molecule has 0 amide bonds. The Balaban J connectivity index is 2.07. The maximum absolute atomic E-state index is 12.5. The number of nitrogens with zero attached hydrogens (tertiary/aromatic N) is 3. The maximum atomic E-state index is 12.5. The van der Waals surface area contributed by atoms with Crippen molar-refractivity contribution >= 4 is 38.6 Å². The molecule has 0 bridgehead atoms. The minimum absolute atomic E-state index is 0.134. The Bertz CT molecular complexity index is 874. The molecule has 106 valence electrons. The smallest absolute Gasteiger partial charge is 0.263 e. The number of hydrogen-bond acceptors (Lipinski definition) is 3. The van der Waals surface area contributed by atoms with E-state index in [2.05, 4.69) is 25.9 Å². The summed E-state index contributed by atoms with van der Waals surface area (Å²) in [5, 5.41) is 0.742. The van der Waals surface area contributed by atoms with E-state index in [-0.39, 0.29) is 5.56 Å². The Labute approximate surface area is 134 Å². The number of benzene rings is 1. The molecule has 0 saturated carbocycles. The molecule has 3 rings (SSSR count). The minimum Gasteiger partial charge on any atom is -0.294 e. The fourth-order valence-corrected chi connectivity index (χ4v) is 2.50. The summed E-state index contributed by atoms with van der Waals surface area (Å²) in [6.45, 7) is 2.50. The lowest BCUT2D eigenvalue weighted by atomic mass is 10.1. The van der Waals surface area contributed by atoms with Crippen molar-refractivity contribution in [3.8, 4) is 0 Å². The normalized spacial score (nSPS) is 11.0. The van der Waals surface area contributed by atoms with Gasteiger partial charge >= 0.3 is 0 Å². The predicted molar refractivity (Wildman–Crippen MR) is 86.8 cm³/mol. The third-order valence-corrected chi connectivity index (χ3v) is 4.32. The Morgan fingerprint density at radius 2 is 2.00 bits per heavy atom. The first-order chi connectivity index (χ1) is 10.0. The number of rotatable bonds is 2. The molecule has 4 nitrogen and oxygen atoms in total. The van der Waals surface area contributed by atoms with Gasteiger partial charge in [0.05, 0.1) is 16.4 Å². The molecule has 21 heavy (non-hydrogen) atoms. The summed E-state index contributed by atoms with van der Waals surface area (Å²) in [5.41, 5.74) is 2.45. The van der Waals surface area contributed by atoms with Crippen molar-refractivity contribution in [3.05, 3.63) is 67.8 Å². The van der Waals surface area contributed by atoms with Crippen LogP contribution in [0.1, 0.15) is 11.1 Å². The van der Waals surface area contributed by atoms with Gasteiger partial charge in [-0.25, -0.2) is 9.97 Å². The summed E-state index contributed by atoms with van der Waals surface area (Å²) in [5.74, 6) is 0. The first-order valence-electron chi connectivity index (χ1n) is 6.31. The highest BCUT2D eigenvalue weighted by molar-refractivity contribution is 9.10. The number of halogens is 2. The van der Waals surface area contributed by atoms with E-state index >= 15 is 0 Å². The lowest BCUT2D eigenvalue weighted by molar-refractivity contribution is 0.746. The van der Waals surface area contributed by atoms with Gasteiger partial charge < -0.3 is 0 Å². The number of hydrogen-bond donors (Lipinski definition) is 0. The largest absolute Gasteiger partial charge is 0.294 e. The van der Waals surface area contributed by atoms with Gasteiger partial charge in [0.25, 0.3) is 5.56 Å². The summed E-state index contributed by atoms with van der Waals surface area (Å²) in [7, 11) is 0. The van der Waals surface area contributed by atoms with Gasteiger partial charge in [-0.05, 0) is 34.5 Å². The van der Waals surface area contributed by atoms with Crippen molar-refractivity contribution in [3.63, 3.8) is 0 Å². The Morgan fingerprint density at radius 3 is 2.71 bits per heavy atom. The van der Waals surface area contributed by atoms with E-state index in [0.717, 1.165) is 5.56 Å².